The summed E-state index contributed by atoms with van der Waals surface area (Å²) in [4.78, 5) is 43.5. The Hall–Kier alpha value is -2.11. The molecule has 0 aliphatic carbocycles. The minimum absolute atomic E-state index is 0.0889. The van der Waals surface area contributed by atoms with Crippen LogP contribution >= 0.6 is 0 Å². The summed E-state index contributed by atoms with van der Waals surface area (Å²) in [5.74, 6) is 4.43. The van der Waals surface area contributed by atoms with Gasteiger partial charge in [-0.15, -0.1) is 0 Å². The standard InChI is InChI=1S/C23H37N3O5/c1-17(2)20(22(29)31-23(3,4)5)24(6)21(28)18-9-11-26(16-18)19(27)8-7-10-25-12-14-30-15-13-25/h17-18,20H,9-16H2,1-6H3/t18-,20-/m0/s1. The first-order chi connectivity index (χ1) is 14.5. The SMILES string of the molecule is CC(C)[C@@H](C(=O)OC(C)(C)C)N(C)C(=O)[C@H]1CCN(C(=O)C#CCN2CCOCC2)C1. The summed E-state index contributed by atoms with van der Waals surface area (Å²) in [6.07, 6.45) is 0.569. The smallest absolute Gasteiger partial charge is 0.329 e. The molecule has 174 valence electrons. The molecule has 8 heteroatoms. The molecule has 8 nitrogen and oxygen atoms in total. The summed E-state index contributed by atoms with van der Waals surface area (Å²) < 4.78 is 10.8. The van der Waals surface area contributed by atoms with Gasteiger partial charge in [-0.3, -0.25) is 14.5 Å². The maximum Gasteiger partial charge on any atom is 0.329 e. The predicted molar refractivity (Wildman–Crippen MR) is 117 cm³/mol. The number of hydrogen-bond acceptors (Lipinski definition) is 6. The molecular weight excluding hydrogens is 398 g/mol. The molecule has 2 rings (SSSR count). The van der Waals surface area contributed by atoms with E-state index in [9.17, 15) is 14.4 Å². The topological polar surface area (TPSA) is 79.4 Å². The number of esters is 1. The molecule has 0 aromatic rings. The van der Waals surface area contributed by atoms with Gasteiger partial charge in [0.05, 0.1) is 25.7 Å². The number of amides is 2. The van der Waals surface area contributed by atoms with Crippen LogP contribution in [0.4, 0.5) is 0 Å². The zero-order chi connectivity index (χ0) is 23.2. The van der Waals surface area contributed by atoms with E-state index in [0.717, 1.165) is 13.1 Å². The number of likely N-dealkylation sites (tertiary alicyclic amines) is 1. The van der Waals surface area contributed by atoms with Crippen molar-refractivity contribution in [3.8, 4) is 11.8 Å². The Kier molecular flexibility index (Phi) is 8.90. The highest BCUT2D eigenvalue weighted by Gasteiger charge is 2.38. The summed E-state index contributed by atoms with van der Waals surface area (Å²) in [6.45, 7) is 13.6. The van der Waals surface area contributed by atoms with Crippen molar-refractivity contribution in [3.05, 3.63) is 0 Å². The Morgan fingerprint density at radius 3 is 2.39 bits per heavy atom. The highest BCUT2D eigenvalue weighted by atomic mass is 16.6. The van der Waals surface area contributed by atoms with Crippen molar-refractivity contribution in [2.75, 3.05) is 53.0 Å². The van der Waals surface area contributed by atoms with E-state index in [1.165, 1.54) is 4.90 Å². The van der Waals surface area contributed by atoms with Crippen LogP contribution in [0.5, 0.6) is 0 Å². The summed E-state index contributed by atoms with van der Waals surface area (Å²) in [6, 6.07) is -0.662. The van der Waals surface area contributed by atoms with E-state index in [2.05, 4.69) is 16.7 Å². The Morgan fingerprint density at radius 1 is 1.16 bits per heavy atom. The van der Waals surface area contributed by atoms with Crippen LogP contribution in [-0.4, -0.2) is 97.1 Å². The fourth-order valence-corrected chi connectivity index (χ4v) is 3.88. The molecule has 0 N–H and O–H groups in total. The van der Waals surface area contributed by atoms with Gasteiger partial charge in [-0.1, -0.05) is 19.8 Å². The van der Waals surface area contributed by atoms with E-state index in [4.69, 9.17) is 9.47 Å². The maximum absolute atomic E-state index is 13.1. The highest BCUT2D eigenvalue weighted by Crippen LogP contribution is 2.23. The van der Waals surface area contributed by atoms with E-state index in [1.807, 2.05) is 34.6 Å². The fourth-order valence-electron chi connectivity index (χ4n) is 3.88. The molecule has 2 fully saturated rings. The minimum Gasteiger partial charge on any atom is -0.458 e. The van der Waals surface area contributed by atoms with Crippen LogP contribution in [0.25, 0.3) is 0 Å². The van der Waals surface area contributed by atoms with Crippen LogP contribution in [0.1, 0.15) is 41.0 Å². The van der Waals surface area contributed by atoms with E-state index in [1.54, 1.807) is 11.9 Å². The molecule has 0 aromatic carbocycles. The molecular formula is C23H37N3O5. The Labute approximate surface area is 186 Å². The van der Waals surface area contributed by atoms with Gasteiger partial charge in [-0.25, -0.2) is 4.79 Å². The van der Waals surface area contributed by atoms with Gasteiger partial charge in [0.2, 0.25) is 5.91 Å². The van der Waals surface area contributed by atoms with Gasteiger partial charge in [0.25, 0.3) is 5.91 Å². The Balaban J connectivity index is 1.92. The first-order valence-electron chi connectivity index (χ1n) is 11.1. The molecule has 31 heavy (non-hydrogen) atoms. The first kappa shape index (κ1) is 25.2. The van der Waals surface area contributed by atoms with Crippen LogP contribution < -0.4 is 0 Å². The number of ether oxygens (including phenoxy) is 2. The minimum atomic E-state index is -0.662. The molecule has 0 saturated carbocycles. The normalized spacial score (nSPS) is 20.7. The number of rotatable bonds is 5. The molecule has 0 aromatic heterocycles. The van der Waals surface area contributed by atoms with E-state index >= 15 is 0 Å². The number of likely N-dealkylation sites (N-methyl/N-ethyl adjacent to an activating group) is 1. The van der Waals surface area contributed by atoms with Gasteiger partial charge in [-0.2, -0.15) is 0 Å². The molecule has 2 aliphatic rings. The quantitative estimate of drug-likeness (QED) is 0.473. The van der Waals surface area contributed by atoms with Gasteiger partial charge >= 0.3 is 5.97 Å². The number of carbonyl (C=O) groups is 3. The zero-order valence-corrected chi connectivity index (χ0v) is 19.8. The number of nitrogens with zero attached hydrogens (tertiary/aromatic N) is 3. The third kappa shape index (κ3) is 7.51. The molecule has 0 radical (unpaired) electrons. The van der Waals surface area contributed by atoms with Crippen molar-refractivity contribution in [1.29, 1.82) is 0 Å². The number of morpholine rings is 1. The van der Waals surface area contributed by atoms with Crippen molar-refractivity contribution < 1.29 is 23.9 Å². The van der Waals surface area contributed by atoms with Crippen molar-refractivity contribution in [2.45, 2.75) is 52.7 Å². The summed E-state index contributed by atoms with van der Waals surface area (Å²) in [5, 5.41) is 0. The van der Waals surface area contributed by atoms with Gasteiger partial charge in [0.1, 0.15) is 11.6 Å². The average Bonchev–Trinajstić information content (AvgIpc) is 3.16. The second kappa shape index (κ2) is 11.0. The zero-order valence-electron chi connectivity index (χ0n) is 19.8. The van der Waals surface area contributed by atoms with E-state index < -0.39 is 17.6 Å². The lowest BCUT2D eigenvalue weighted by molar-refractivity contribution is -0.166. The van der Waals surface area contributed by atoms with Crippen molar-refractivity contribution in [2.24, 2.45) is 11.8 Å². The van der Waals surface area contributed by atoms with Gasteiger partial charge in [0.15, 0.2) is 0 Å². The second-order valence-corrected chi connectivity index (χ2v) is 9.60. The van der Waals surface area contributed by atoms with Crippen LogP contribution in [-0.2, 0) is 23.9 Å². The third-order valence-electron chi connectivity index (χ3n) is 5.47. The first-order valence-corrected chi connectivity index (χ1v) is 11.1. The predicted octanol–water partition coefficient (Wildman–Crippen LogP) is 0.995. The van der Waals surface area contributed by atoms with E-state index in [-0.39, 0.29) is 23.7 Å². The Bertz CT molecular complexity index is 713. The molecule has 2 heterocycles. The largest absolute Gasteiger partial charge is 0.458 e. The van der Waals surface area contributed by atoms with Crippen LogP contribution in [0.3, 0.4) is 0 Å². The summed E-state index contributed by atoms with van der Waals surface area (Å²) >= 11 is 0. The third-order valence-corrected chi connectivity index (χ3v) is 5.47. The van der Waals surface area contributed by atoms with Crippen LogP contribution in [0.2, 0.25) is 0 Å². The lowest BCUT2D eigenvalue weighted by atomic mass is 9.99. The molecule has 0 bridgehead atoms. The summed E-state index contributed by atoms with van der Waals surface area (Å²) in [7, 11) is 1.64. The van der Waals surface area contributed by atoms with Crippen molar-refractivity contribution >= 4 is 17.8 Å². The molecule has 2 amide bonds. The van der Waals surface area contributed by atoms with Crippen LogP contribution in [0, 0.1) is 23.7 Å². The van der Waals surface area contributed by atoms with Gasteiger partial charge in [0, 0.05) is 33.2 Å². The molecule has 0 spiro atoms. The lowest BCUT2D eigenvalue weighted by Crippen LogP contribution is -2.50. The average molecular weight is 436 g/mol. The summed E-state index contributed by atoms with van der Waals surface area (Å²) in [5.41, 5.74) is -0.620. The van der Waals surface area contributed by atoms with E-state index in [0.29, 0.717) is 39.3 Å². The second-order valence-electron chi connectivity index (χ2n) is 9.60. The number of hydrogen-bond donors (Lipinski definition) is 0. The highest BCUT2D eigenvalue weighted by molar-refractivity contribution is 5.94. The van der Waals surface area contributed by atoms with Gasteiger partial charge in [-0.05, 0) is 39.0 Å². The lowest BCUT2D eigenvalue weighted by Gasteiger charge is -2.33. The molecule has 2 saturated heterocycles. The fraction of sp³-hybridized carbons (Fsp3) is 0.783. The van der Waals surface area contributed by atoms with Gasteiger partial charge < -0.3 is 19.3 Å². The maximum atomic E-state index is 13.1. The van der Waals surface area contributed by atoms with Crippen LogP contribution in [0.15, 0.2) is 0 Å². The van der Waals surface area contributed by atoms with Crippen molar-refractivity contribution in [3.63, 3.8) is 0 Å². The Morgan fingerprint density at radius 2 is 1.81 bits per heavy atom. The monoisotopic (exact) mass is 435 g/mol. The molecule has 2 aliphatic heterocycles. The number of carbonyl (C=O) groups excluding carboxylic acids is 3. The molecule has 2 atom stereocenters. The van der Waals surface area contributed by atoms with Crippen molar-refractivity contribution in [1.82, 2.24) is 14.7 Å². The molecule has 0 unspecified atom stereocenters.